The minimum absolute atomic E-state index is 0.415. The van der Waals surface area contributed by atoms with Crippen LogP contribution in [-0.2, 0) is 6.42 Å². The van der Waals surface area contributed by atoms with Gasteiger partial charge in [0.25, 0.3) is 0 Å². The predicted molar refractivity (Wildman–Crippen MR) is 143 cm³/mol. The first kappa shape index (κ1) is 22.7. The van der Waals surface area contributed by atoms with Crippen LogP contribution >= 0.6 is 0 Å². The number of hydrogen-bond donors (Lipinski definition) is 0. The molecule has 0 fully saturated rings. The van der Waals surface area contributed by atoms with Crippen LogP contribution in [0, 0.1) is 6.92 Å². The largest absolute Gasteiger partial charge is 0.299 e. The molecule has 0 saturated carbocycles. The zero-order valence-corrected chi connectivity index (χ0v) is 21.2. The highest BCUT2D eigenvalue weighted by Crippen LogP contribution is 2.42. The molecule has 0 radical (unpaired) electrons. The minimum Gasteiger partial charge on any atom is -0.299 e. The lowest BCUT2D eigenvalue weighted by Crippen LogP contribution is -2.14. The average molecular weight is 449 g/mol. The third-order valence-corrected chi connectivity index (χ3v) is 7.47. The molecule has 34 heavy (non-hydrogen) atoms. The maximum Gasteiger partial charge on any atom is 0.144 e. The fourth-order valence-corrected chi connectivity index (χ4v) is 5.67. The highest BCUT2D eigenvalue weighted by atomic mass is 15.1. The van der Waals surface area contributed by atoms with Crippen molar-refractivity contribution in [2.24, 2.45) is 0 Å². The molecule has 1 heterocycles. The van der Waals surface area contributed by atoms with E-state index in [2.05, 4.69) is 106 Å². The molecular formula is C32H36N2. The smallest absolute Gasteiger partial charge is 0.144 e. The van der Waals surface area contributed by atoms with E-state index in [4.69, 9.17) is 4.98 Å². The summed E-state index contributed by atoms with van der Waals surface area (Å²) < 4.78 is 2.34. The first-order chi connectivity index (χ1) is 16.5. The van der Waals surface area contributed by atoms with Gasteiger partial charge in [0.05, 0.1) is 5.69 Å². The molecule has 1 unspecified atom stereocenters. The number of hydrogen-bond acceptors (Lipinski definition) is 1. The normalized spacial score (nSPS) is 15.7. The van der Waals surface area contributed by atoms with Gasteiger partial charge in [0.1, 0.15) is 5.82 Å². The van der Waals surface area contributed by atoms with Crippen molar-refractivity contribution in [3.8, 4) is 17.1 Å². The molecule has 1 aromatic heterocycles. The molecule has 3 aromatic carbocycles. The van der Waals surface area contributed by atoms with Gasteiger partial charge in [-0.15, -0.1) is 0 Å². The van der Waals surface area contributed by atoms with E-state index in [1.54, 1.807) is 0 Å². The Morgan fingerprint density at radius 2 is 1.56 bits per heavy atom. The van der Waals surface area contributed by atoms with Crippen molar-refractivity contribution in [1.29, 1.82) is 0 Å². The van der Waals surface area contributed by atoms with E-state index >= 15 is 0 Å². The standard InChI is InChI=1S/C32H36N2/c1-21(2)29-19-25(28-16-10-13-24-12-7-9-15-27(24)28)20-30(22(3)4)31(29)34-18-17-33-32(34)26-14-8-6-11-23(26)5/h6-9,11-12,14-15,17-22,28H,10,13,16H2,1-5H3. The topological polar surface area (TPSA) is 17.8 Å². The Kier molecular flexibility index (Phi) is 6.16. The van der Waals surface area contributed by atoms with Crippen LogP contribution in [0.3, 0.4) is 0 Å². The third-order valence-electron chi connectivity index (χ3n) is 7.47. The molecule has 1 aliphatic carbocycles. The summed E-state index contributed by atoms with van der Waals surface area (Å²) in [6, 6.07) is 22.6. The van der Waals surface area contributed by atoms with Crippen LogP contribution in [0.5, 0.6) is 0 Å². The molecule has 174 valence electrons. The Balaban J connectivity index is 1.72. The monoisotopic (exact) mass is 448 g/mol. The number of imidazole rings is 1. The Labute approximate surface area is 204 Å². The molecule has 0 N–H and O–H groups in total. The van der Waals surface area contributed by atoms with Gasteiger partial charge in [0, 0.05) is 23.9 Å². The number of aryl methyl sites for hydroxylation is 2. The quantitative estimate of drug-likeness (QED) is 0.299. The number of fused-ring (bicyclic) bond motifs is 1. The number of benzene rings is 3. The Morgan fingerprint density at radius 1 is 0.882 bits per heavy atom. The van der Waals surface area contributed by atoms with Gasteiger partial charge in [0.15, 0.2) is 0 Å². The highest BCUT2D eigenvalue weighted by molar-refractivity contribution is 5.66. The van der Waals surface area contributed by atoms with E-state index in [1.165, 1.54) is 63.9 Å². The predicted octanol–water partition coefficient (Wildman–Crippen LogP) is 8.56. The van der Waals surface area contributed by atoms with Gasteiger partial charge in [0.2, 0.25) is 0 Å². The van der Waals surface area contributed by atoms with Gasteiger partial charge in [-0.05, 0) is 71.4 Å². The summed E-state index contributed by atoms with van der Waals surface area (Å²) >= 11 is 0. The van der Waals surface area contributed by atoms with E-state index in [9.17, 15) is 0 Å². The van der Waals surface area contributed by atoms with E-state index in [-0.39, 0.29) is 0 Å². The molecule has 0 saturated heterocycles. The lowest BCUT2D eigenvalue weighted by Gasteiger charge is -2.29. The van der Waals surface area contributed by atoms with E-state index in [0.29, 0.717) is 17.8 Å². The van der Waals surface area contributed by atoms with Crippen LogP contribution in [-0.4, -0.2) is 9.55 Å². The summed E-state index contributed by atoms with van der Waals surface area (Å²) in [5.41, 5.74) is 11.1. The van der Waals surface area contributed by atoms with Crippen LogP contribution in [0.15, 0.2) is 73.1 Å². The summed E-state index contributed by atoms with van der Waals surface area (Å²) in [7, 11) is 0. The molecular weight excluding hydrogens is 412 g/mol. The Hall–Kier alpha value is -3.13. The molecule has 0 bridgehead atoms. The number of aromatic nitrogens is 2. The van der Waals surface area contributed by atoms with Gasteiger partial charge in [-0.1, -0.05) is 88.4 Å². The summed E-state index contributed by atoms with van der Waals surface area (Å²) in [6.45, 7) is 11.5. The van der Waals surface area contributed by atoms with E-state index in [0.717, 1.165) is 5.82 Å². The second kappa shape index (κ2) is 9.25. The summed E-state index contributed by atoms with van der Waals surface area (Å²) in [6.07, 6.45) is 7.78. The lowest BCUT2D eigenvalue weighted by atomic mass is 9.77. The molecule has 1 aliphatic rings. The van der Waals surface area contributed by atoms with Crippen LogP contribution in [0.25, 0.3) is 17.1 Å². The second-order valence-electron chi connectivity index (χ2n) is 10.4. The fraction of sp³-hybridized carbons (Fsp3) is 0.344. The van der Waals surface area contributed by atoms with Crippen LogP contribution in [0.2, 0.25) is 0 Å². The maximum atomic E-state index is 4.83. The third kappa shape index (κ3) is 4.00. The molecule has 1 atom stereocenters. The second-order valence-corrected chi connectivity index (χ2v) is 10.4. The van der Waals surface area contributed by atoms with E-state index < -0.39 is 0 Å². The van der Waals surface area contributed by atoms with Crippen molar-refractivity contribution in [1.82, 2.24) is 9.55 Å². The SMILES string of the molecule is Cc1ccccc1-c1nccn1-c1c(C(C)C)cc(C2CCCc3ccccc32)cc1C(C)C. The average Bonchev–Trinajstić information content (AvgIpc) is 3.32. The summed E-state index contributed by atoms with van der Waals surface area (Å²) in [5.74, 6) is 2.34. The molecule has 0 aliphatic heterocycles. The van der Waals surface area contributed by atoms with Gasteiger partial charge < -0.3 is 0 Å². The van der Waals surface area contributed by atoms with Crippen LogP contribution < -0.4 is 0 Å². The maximum absolute atomic E-state index is 4.83. The van der Waals surface area contributed by atoms with Crippen molar-refractivity contribution in [3.05, 3.63) is 106 Å². The van der Waals surface area contributed by atoms with Gasteiger partial charge in [-0.25, -0.2) is 4.98 Å². The highest BCUT2D eigenvalue weighted by Gasteiger charge is 2.26. The molecule has 4 aromatic rings. The first-order valence-electron chi connectivity index (χ1n) is 12.8. The number of nitrogens with zero attached hydrogens (tertiary/aromatic N) is 2. The lowest BCUT2D eigenvalue weighted by molar-refractivity contribution is 0.613. The van der Waals surface area contributed by atoms with Crippen LogP contribution in [0.4, 0.5) is 0 Å². The Morgan fingerprint density at radius 3 is 2.26 bits per heavy atom. The molecule has 2 nitrogen and oxygen atoms in total. The zero-order valence-electron chi connectivity index (χ0n) is 21.2. The van der Waals surface area contributed by atoms with Gasteiger partial charge in [-0.2, -0.15) is 0 Å². The molecule has 2 heteroatoms. The minimum atomic E-state index is 0.415. The van der Waals surface area contributed by atoms with Crippen molar-refractivity contribution < 1.29 is 0 Å². The zero-order chi connectivity index (χ0) is 23.8. The summed E-state index contributed by atoms with van der Waals surface area (Å²) in [5, 5.41) is 0. The first-order valence-corrected chi connectivity index (χ1v) is 12.8. The molecule has 0 spiro atoms. The number of rotatable bonds is 5. The van der Waals surface area contributed by atoms with Crippen molar-refractivity contribution in [3.63, 3.8) is 0 Å². The molecule has 0 amide bonds. The van der Waals surface area contributed by atoms with Crippen molar-refractivity contribution >= 4 is 0 Å². The Bertz CT molecular complexity index is 1280. The van der Waals surface area contributed by atoms with Gasteiger partial charge >= 0.3 is 0 Å². The van der Waals surface area contributed by atoms with Crippen molar-refractivity contribution in [2.75, 3.05) is 0 Å². The van der Waals surface area contributed by atoms with Crippen LogP contribution in [0.1, 0.15) is 91.7 Å². The van der Waals surface area contributed by atoms with Gasteiger partial charge in [-0.3, -0.25) is 4.57 Å². The van der Waals surface area contributed by atoms with Crippen molar-refractivity contribution in [2.45, 2.75) is 71.6 Å². The fourth-order valence-electron chi connectivity index (χ4n) is 5.67. The van der Waals surface area contributed by atoms with E-state index in [1.807, 2.05) is 6.20 Å². The molecule has 5 rings (SSSR count). The summed E-state index contributed by atoms with van der Waals surface area (Å²) in [4.78, 5) is 4.83.